The van der Waals surface area contributed by atoms with Crippen LogP contribution in [0.25, 0.3) is 11.0 Å². The van der Waals surface area contributed by atoms with Crippen LogP contribution in [-0.2, 0) is 6.61 Å². The molecule has 3 aromatic carbocycles. The molecule has 0 spiro atoms. The highest BCUT2D eigenvalue weighted by Gasteiger charge is 2.15. The number of hydrogen-bond acceptors (Lipinski definition) is 6. The molecule has 0 saturated heterocycles. The van der Waals surface area contributed by atoms with Crippen molar-refractivity contribution in [1.29, 1.82) is 5.26 Å². The molecule has 1 heterocycles. The van der Waals surface area contributed by atoms with Crippen LogP contribution in [0.3, 0.4) is 0 Å². The van der Waals surface area contributed by atoms with Crippen LogP contribution in [0.2, 0.25) is 0 Å². The summed E-state index contributed by atoms with van der Waals surface area (Å²) in [5.41, 5.74) is 5.05. The molecule has 0 unspecified atom stereocenters. The summed E-state index contributed by atoms with van der Waals surface area (Å²) in [4.78, 5) is 12.6. The van der Waals surface area contributed by atoms with Gasteiger partial charge in [0.2, 0.25) is 0 Å². The zero-order chi connectivity index (χ0) is 25.7. The summed E-state index contributed by atoms with van der Waals surface area (Å²) >= 11 is 10.4. The lowest BCUT2D eigenvalue weighted by atomic mass is 10.1. The molecule has 182 valence electrons. The summed E-state index contributed by atoms with van der Waals surface area (Å²) in [6.07, 6.45) is 1.49. The van der Waals surface area contributed by atoms with Gasteiger partial charge >= 0.3 is 5.91 Å². The third-order valence-corrected chi connectivity index (χ3v) is 6.75. The largest absolute Gasteiger partial charge is 0.490 e. The predicted octanol–water partition coefficient (Wildman–Crippen LogP) is 7.33. The second-order valence-corrected chi connectivity index (χ2v) is 10.1. The highest BCUT2D eigenvalue weighted by Crippen LogP contribution is 2.34. The van der Waals surface area contributed by atoms with Gasteiger partial charge in [0.25, 0.3) is 0 Å². The molecule has 1 N–H and O–H groups in total. The van der Waals surface area contributed by atoms with Gasteiger partial charge in [-0.05, 0) is 75.2 Å². The zero-order valence-corrected chi connectivity index (χ0v) is 23.6. The first-order valence-corrected chi connectivity index (χ1v) is 13.1. The van der Waals surface area contributed by atoms with Crippen LogP contribution in [0.1, 0.15) is 34.2 Å². The lowest BCUT2D eigenvalue weighted by molar-refractivity contribution is 0.0929. The molecule has 10 heteroatoms. The fourth-order valence-corrected chi connectivity index (χ4v) is 5.11. The van der Waals surface area contributed by atoms with Crippen LogP contribution in [0.4, 0.5) is 0 Å². The van der Waals surface area contributed by atoms with Crippen molar-refractivity contribution in [2.75, 3.05) is 6.61 Å². The van der Waals surface area contributed by atoms with Gasteiger partial charge in [-0.3, -0.25) is 4.79 Å². The molecule has 4 aromatic rings. The molecule has 0 radical (unpaired) electrons. The molecule has 0 atom stereocenters. The first-order valence-electron chi connectivity index (χ1n) is 10.7. The number of carbonyl (C=O) groups excluding carboxylic acids is 1. The Labute approximate surface area is 232 Å². The maximum absolute atomic E-state index is 12.6. The normalized spacial score (nSPS) is 11.0. The van der Waals surface area contributed by atoms with E-state index in [1.54, 1.807) is 24.3 Å². The van der Waals surface area contributed by atoms with E-state index < -0.39 is 5.91 Å². The number of hydrogen-bond donors (Lipinski definition) is 1. The summed E-state index contributed by atoms with van der Waals surface area (Å²) in [6.45, 7) is 2.51. The molecule has 0 bridgehead atoms. The van der Waals surface area contributed by atoms with Crippen molar-refractivity contribution >= 4 is 70.9 Å². The third kappa shape index (κ3) is 5.98. The van der Waals surface area contributed by atoms with Gasteiger partial charge in [0, 0.05) is 25.5 Å². The van der Waals surface area contributed by atoms with E-state index in [1.165, 1.54) is 6.21 Å². The fraction of sp³-hybridized carbons (Fsp3) is 0.115. The number of rotatable bonds is 8. The monoisotopic (exact) mass is 673 g/mol. The van der Waals surface area contributed by atoms with E-state index in [1.807, 2.05) is 37.3 Å². The van der Waals surface area contributed by atoms with Crippen LogP contribution >= 0.6 is 47.8 Å². The van der Waals surface area contributed by atoms with Crippen molar-refractivity contribution in [3.05, 3.63) is 90.5 Å². The summed E-state index contributed by atoms with van der Waals surface area (Å²) in [7, 11) is 0. The van der Waals surface area contributed by atoms with Crippen molar-refractivity contribution in [3.8, 4) is 17.6 Å². The number of hydrazone groups is 1. The first-order chi connectivity index (χ1) is 17.4. The van der Waals surface area contributed by atoms with Gasteiger partial charge in [-0.15, -0.1) is 0 Å². The molecular weight excluding hydrogens is 658 g/mol. The standard InChI is InChI=1S/C26H18Br3N3O4/c1-2-34-22-9-18(20(28)11-23(22)35-14-16-6-4-3-5-15(16)12-30)13-31-32-26(33)24-8-17-7-19(27)10-21(29)25(17)36-24/h3-11,13H,2,14H2,1H3,(H,32,33)/b31-13-. The molecule has 0 aliphatic carbocycles. The molecule has 0 aliphatic rings. The van der Waals surface area contributed by atoms with Gasteiger partial charge in [0.1, 0.15) is 12.2 Å². The van der Waals surface area contributed by atoms with Crippen LogP contribution in [0, 0.1) is 11.3 Å². The smallest absolute Gasteiger partial charge is 0.307 e. The SMILES string of the molecule is CCOc1cc(/C=N\NC(=O)c2cc3cc(Br)cc(Br)c3o2)c(Br)cc1OCc1ccccc1C#N. The van der Waals surface area contributed by atoms with Gasteiger partial charge in [-0.1, -0.05) is 34.1 Å². The second kappa shape index (κ2) is 11.7. The zero-order valence-electron chi connectivity index (χ0n) is 18.8. The van der Waals surface area contributed by atoms with E-state index in [0.717, 1.165) is 19.9 Å². The third-order valence-electron chi connectivity index (χ3n) is 5.01. The predicted molar refractivity (Wildman–Crippen MR) is 147 cm³/mol. The average molecular weight is 676 g/mol. The molecule has 0 aliphatic heterocycles. The number of fused-ring (bicyclic) bond motifs is 1. The van der Waals surface area contributed by atoms with Crippen LogP contribution in [0.15, 0.2) is 77.5 Å². The van der Waals surface area contributed by atoms with E-state index >= 15 is 0 Å². The molecular formula is C26H18Br3N3O4. The van der Waals surface area contributed by atoms with E-state index in [4.69, 9.17) is 13.9 Å². The Morgan fingerprint density at radius 2 is 1.86 bits per heavy atom. The number of amides is 1. The number of furan rings is 1. The van der Waals surface area contributed by atoms with Crippen molar-refractivity contribution in [2.24, 2.45) is 5.10 Å². The molecule has 0 saturated carbocycles. The van der Waals surface area contributed by atoms with E-state index in [2.05, 4.69) is 64.4 Å². The number of benzene rings is 3. The van der Waals surface area contributed by atoms with Gasteiger partial charge in [0.05, 0.1) is 28.9 Å². The van der Waals surface area contributed by atoms with Gasteiger partial charge in [-0.25, -0.2) is 5.43 Å². The second-order valence-electron chi connectivity index (χ2n) is 7.43. The Bertz CT molecular complexity index is 1510. The van der Waals surface area contributed by atoms with E-state index in [-0.39, 0.29) is 12.4 Å². The summed E-state index contributed by atoms with van der Waals surface area (Å²) < 4.78 is 19.7. The molecule has 0 fully saturated rings. The number of nitriles is 1. The highest BCUT2D eigenvalue weighted by molar-refractivity contribution is 9.11. The fourth-order valence-electron chi connectivity index (χ4n) is 3.34. The van der Waals surface area contributed by atoms with Crippen molar-refractivity contribution < 1.29 is 18.7 Å². The van der Waals surface area contributed by atoms with Crippen molar-refractivity contribution in [2.45, 2.75) is 13.5 Å². The summed E-state index contributed by atoms with van der Waals surface area (Å²) in [5.74, 6) is 0.673. The molecule has 7 nitrogen and oxygen atoms in total. The van der Waals surface area contributed by atoms with Crippen LogP contribution in [0.5, 0.6) is 11.5 Å². The summed E-state index contributed by atoms with van der Waals surface area (Å²) in [5, 5.41) is 14.1. The Kier molecular flexibility index (Phi) is 8.46. The number of nitrogens with zero attached hydrogens (tertiary/aromatic N) is 2. The average Bonchev–Trinajstić information content (AvgIpc) is 3.29. The minimum absolute atomic E-state index is 0.136. The quantitative estimate of drug-likeness (QED) is 0.156. The first kappa shape index (κ1) is 25.9. The molecule has 4 rings (SSSR count). The van der Waals surface area contributed by atoms with E-state index in [9.17, 15) is 10.1 Å². The molecule has 1 amide bonds. The van der Waals surface area contributed by atoms with Crippen LogP contribution < -0.4 is 14.9 Å². The molecule has 1 aromatic heterocycles. The topological polar surface area (TPSA) is 96.8 Å². The van der Waals surface area contributed by atoms with E-state index in [0.29, 0.717) is 39.3 Å². The lowest BCUT2D eigenvalue weighted by Crippen LogP contribution is -2.16. The Morgan fingerprint density at radius 1 is 1.08 bits per heavy atom. The van der Waals surface area contributed by atoms with Crippen molar-refractivity contribution in [1.82, 2.24) is 5.43 Å². The van der Waals surface area contributed by atoms with Crippen LogP contribution in [-0.4, -0.2) is 18.7 Å². The Hall–Kier alpha value is -3.13. The number of halogens is 3. The molecule has 36 heavy (non-hydrogen) atoms. The number of ether oxygens (including phenoxy) is 2. The highest BCUT2D eigenvalue weighted by atomic mass is 79.9. The van der Waals surface area contributed by atoms with Gasteiger partial charge in [-0.2, -0.15) is 10.4 Å². The lowest BCUT2D eigenvalue weighted by Gasteiger charge is -2.14. The Balaban J connectivity index is 1.49. The maximum atomic E-state index is 12.6. The minimum Gasteiger partial charge on any atom is -0.490 e. The number of carbonyl (C=O) groups is 1. The maximum Gasteiger partial charge on any atom is 0.307 e. The number of nitrogens with one attached hydrogen (secondary N) is 1. The van der Waals surface area contributed by atoms with Crippen molar-refractivity contribution in [3.63, 3.8) is 0 Å². The Morgan fingerprint density at radius 3 is 2.64 bits per heavy atom. The summed E-state index contributed by atoms with van der Waals surface area (Å²) in [6, 6.07) is 18.3. The van der Waals surface area contributed by atoms with Gasteiger partial charge < -0.3 is 13.9 Å². The van der Waals surface area contributed by atoms with Gasteiger partial charge in [0.15, 0.2) is 17.3 Å². The minimum atomic E-state index is -0.484.